The van der Waals surface area contributed by atoms with Crippen LogP contribution in [0.1, 0.15) is 21.7 Å². The second-order valence-corrected chi connectivity index (χ2v) is 3.98. The molecule has 1 aromatic carbocycles. The van der Waals surface area contributed by atoms with Crippen molar-refractivity contribution in [3.8, 4) is 5.75 Å². The largest absolute Gasteiger partial charge is 0.495 e. The Hall–Kier alpha value is -1.74. The van der Waals surface area contributed by atoms with E-state index in [0.717, 1.165) is 0 Å². The summed E-state index contributed by atoms with van der Waals surface area (Å²) < 4.78 is 10.1. The number of methoxy groups -OCH3 is 1. The molecular formula is C13H11ClO3. The molecule has 0 atom stereocenters. The van der Waals surface area contributed by atoms with Gasteiger partial charge in [0.15, 0.2) is 5.78 Å². The second kappa shape index (κ2) is 4.63. The molecule has 1 aromatic heterocycles. The summed E-state index contributed by atoms with van der Waals surface area (Å²) >= 11 is 5.97. The number of ketones is 1. The molecule has 0 amide bonds. The Bertz CT molecular complexity index is 558. The van der Waals surface area contributed by atoms with E-state index in [4.69, 9.17) is 20.8 Å². The van der Waals surface area contributed by atoms with Crippen molar-refractivity contribution >= 4 is 17.4 Å². The van der Waals surface area contributed by atoms with Crippen LogP contribution in [-0.4, -0.2) is 12.9 Å². The lowest BCUT2D eigenvalue weighted by Gasteiger charge is -2.05. The molecule has 0 bridgehead atoms. The highest BCUT2D eigenvalue weighted by Crippen LogP contribution is 2.26. The van der Waals surface area contributed by atoms with Gasteiger partial charge in [0.25, 0.3) is 0 Å². The highest BCUT2D eigenvalue weighted by molar-refractivity contribution is 6.32. The number of ether oxygens (including phenoxy) is 1. The van der Waals surface area contributed by atoms with Gasteiger partial charge in [-0.15, -0.1) is 0 Å². The van der Waals surface area contributed by atoms with E-state index in [1.807, 2.05) is 0 Å². The van der Waals surface area contributed by atoms with Gasteiger partial charge in [0.2, 0.25) is 0 Å². The van der Waals surface area contributed by atoms with Crippen molar-refractivity contribution in [1.82, 2.24) is 0 Å². The van der Waals surface area contributed by atoms with Gasteiger partial charge >= 0.3 is 0 Å². The Balaban J connectivity index is 2.39. The van der Waals surface area contributed by atoms with E-state index < -0.39 is 0 Å². The third-order valence-electron chi connectivity index (χ3n) is 2.52. The highest BCUT2D eigenvalue weighted by atomic mass is 35.5. The summed E-state index contributed by atoms with van der Waals surface area (Å²) in [5.41, 5.74) is 1.06. The van der Waals surface area contributed by atoms with Crippen molar-refractivity contribution in [2.24, 2.45) is 0 Å². The van der Waals surface area contributed by atoms with Gasteiger partial charge < -0.3 is 9.15 Å². The molecule has 17 heavy (non-hydrogen) atoms. The minimum Gasteiger partial charge on any atom is -0.495 e. The molecule has 2 rings (SSSR count). The lowest BCUT2D eigenvalue weighted by molar-refractivity contribution is 0.103. The SMILES string of the molecule is COc1ccc(C(=O)c2ccoc2C)cc1Cl. The zero-order valence-electron chi connectivity index (χ0n) is 9.49. The summed E-state index contributed by atoms with van der Waals surface area (Å²) in [4.78, 5) is 12.1. The second-order valence-electron chi connectivity index (χ2n) is 3.57. The van der Waals surface area contributed by atoms with Gasteiger partial charge in [-0.2, -0.15) is 0 Å². The van der Waals surface area contributed by atoms with Gasteiger partial charge in [-0.3, -0.25) is 4.79 Å². The molecule has 0 saturated heterocycles. The van der Waals surface area contributed by atoms with Gasteiger partial charge in [-0.05, 0) is 31.2 Å². The maximum absolute atomic E-state index is 12.1. The highest BCUT2D eigenvalue weighted by Gasteiger charge is 2.15. The zero-order valence-corrected chi connectivity index (χ0v) is 10.2. The average molecular weight is 251 g/mol. The van der Waals surface area contributed by atoms with Crippen LogP contribution in [0.25, 0.3) is 0 Å². The fourth-order valence-electron chi connectivity index (χ4n) is 1.58. The number of furan rings is 1. The Morgan fingerprint density at radius 2 is 2.12 bits per heavy atom. The van der Waals surface area contributed by atoms with E-state index >= 15 is 0 Å². The Morgan fingerprint density at radius 3 is 2.65 bits per heavy atom. The molecule has 0 aliphatic heterocycles. The van der Waals surface area contributed by atoms with E-state index in [0.29, 0.717) is 27.7 Å². The Morgan fingerprint density at radius 1 is 1.35 bits per heavy atom. The predicted octanol–water partition coefficient (Wildman–Crippen LogP) is 3.48. The third kappa shape index (κ3) is 2.19. The molecule has 1 heterocycles. The van der Waals surface area contributed by atoms with Crippen molar-refractivity contribution in [2.45, 2.75) is 6.92 Å². The molecule has 88 valence electrons. The lowest BCUT2D eigenvalue weighted by Crippen LogP contribution is -2.01. The van der Waals surface area contributed by atoms with E-state index in [1.165, 1.54) is 13.4 Å². The molecule has 0 radical (unpaired) electrons. The van der Waals surface area contributed by atoms with Gasteiger partial charge in [0, 0.05) is 5.56 Å². The number of benzene rings is 1. The number of halogens is 1. The van der Waals surface area contributed by atoms with Gasteiger partial charge in [0.05, 0.1) is 24.0 Å². The van der Waals surface area contributed by atoms with Crippen LogP contribution in [0.4, 0.5) is 0 Å². The van der Waals surface area contributed by atoms with Gasteiger partial charge in [0.1, 0.15) is 11.5 Å². The number of rotatable bonds is 3. The molecule has 0 N–H and O–H groups in total. The zero-order chi connectivity index (χ0) is 12.4. The third-order valence-corrected chi connectivity index (χ3v) is 2.81. The van der Waals surface area contributed by atoms with Crippen LogP contribution in [-0.2, 0) is 0 Å². The van der Waals surface area contributed by atoms with Crippen LogP contribution in [0.15, 0.2) is 34.9 Å². The summed E-state index contributed by atoms with van der Waals surface area (Å²) in [7, 11) is 1.53. The van der Waals surface area contributed by atoms with E-state index in [1.54, 1.807) is 31.2 Å². The van der Waals surface area contributed by atoms with E-state index in [2.05, 4.69) is 0 Å². The normalized spacial score (nSPS) is 10.3. The van der Waals surface area contributed by atoms with Crippen LogP contribution < -0.4 is 4.74 Å². The minimum absolute atomic E-state index is 0.110. The molecule has 0 spiro atoms. The maximum atomic E-state index is 12.1. The van der Waals surface area contributed by atoms with E-state index in [-0.39, 0.29) is 5.78 Å². The summed E-state index contributed by atoms with van der Waals surface area (Å²) in [5, 5.41) is 0.416. The number of carbonyl (C=O) groups is 1. The number of hydrogen-bond acceptors (Lipinski definition) is 3. The smallest absolute Gasteiger partial charge is 0.196 e. The standard InChI is InChI=1S/C13H11ClO3/c1-8-10(5-6-17-8)13(15)9-3-4-12(16-2)11(14)7-9/h3-7H,1-2H3. The number of hydrogen-bond donors (Lipinski definition) is 0. The molecule has 0 aliphatic rings. The molecule has 2 aromatic rings. The summed E-state index contributed by atoms with van der Waals surface area (Å²) in [6.45, 7) is 1.75. The van der Waals surface area contributed by atoms with Crippen molar-refractivity contribution in [3.63, 3.8) is 0 Å². The van der Waals surface area contributed by atoms with Crippen molar-refractivity contribution in [2.75, 3.05) is 7.11 Å². The van der Waals surface area contributed by atoms with Crippen molar-refractivity contribution in [1.29, 1.82) is 0 Å². The van der Waals surface area contributed by atoms with Crippen molar-refractivity contribution in [3.05, 3.63) is 52.4 Å². The summed E-state index contributed by atoms with van der Waals surface area (Å²) in [5.74, 6) is 1.04. The predicted molar refractivity (Wildman–Crippen MR) is 64.9 cm³/mol. The fraction of sp³-hybridized carbons (Fsp3) is 0.154. The van der Waals surface area contributed by atoms with E-state index in [9.17, 15) is 4.79 Å². The number of aryl methyl sites for hydroxylation is 1. The first kappa shape index (κ1) is 11.7. The monoisotopic (exact) mass is 250 g/mol. The van der Waals surface area contributed by atoms with Crippen LogP contribution in [0, 0.1) is 6.92 Å². The molecule has 0 saturated carbocycles. The van der Waals surface area contributed by atoms with Crippen LogP contribution in [0.5, 0.6) is 5.75 Å². The molecule has 4 heteroatoms. The first-order valence-electron chi connectivity index (χ1n) is 5.06. The fourth-order valence-corrected chi connectivity index (χ4v) is 1.84. The Labute approximate surface area is 104 Å². The molecule has 0 unspecified atom stereocenters. The Kier molecular flexibility index (Phi) is 3.20. The molecule has 3 nitrogen and oxygen atoms in total. The lowest BCUT2D eigenvalue weighted by atomic mass is 10.0. The number of carbonyl (C=O) groups excluding carboxylic acids is 1. The van der Waals surface area contributed by atoms with Gasteiger partial charge in [-0.25, -0.2) is 0 Å². The summed E-state index contributed by atoms with van der Waals surface area (Å²) in [6, 6.07) is 6.59. The quantitative estimate of drug-likeness (QED) is 0.783. The topological polar surface area (TPSA) is 39.4 Å². The molecule has 0 fully saturated rings. The molecule has 0 aliphatic carbocycles. The first-order valence-corrected chi connectivity index (χ1v) is 5.43. The van der Waals surface area contributed by atoms with Crippen molar-refractivity contribution < 1.29 is 13.9 Å². The van der Waals surface area contributed by atoms with Crippen LogP contribution >= 0.6 is 11.6 Å². The summed E-state index contributed by atoms with van der Waals surface area (Å²) in [6.07, 6.45) is 1.49. The van der Waals surface area contributed by atoms with Crippen LogP contribution in [0.2, 0.25) is 5.02 Å². The van der Waals surface area contributed by atoms with Gasteiger partial charge in [-0.1, -0.05) is 11.6 Å². The molecular weight excluding hydrogens is 240 g/mol. The maximum Gasteiger partial charge on any atom is 0.196 e. The first-order chi connectivity index (χ1) is 8.13. The average Bonchev–Trinajstić information content (AvgIpc) is 2.74. The minimum atomic E-state index is -0.110. The van der Waals surface area contributed by atoms with Crippen LogP contribution in [0.3, 0.4) is 0 Å².